The Hall–Kier alpha value is -3.11. The van der Waals surface area contributed by atoms with Crippen molar-refractivity contribution in [3.05, 3.63) is 46.4 Å². The third kappa shape index (κ3) is 4.48. The average molecular weight is 492 g/mol. The Kier molecular flexibility index (Phi) is 5.85. The molecule has 35 heavy (non-hydrogen) atoms. The zero-order valence-corrected chi connectivity index (χ0v) is 20.9. The van der Waals surface area contributed by atoms with Gasteiger partial charge in [-0.2, -0.15) is 10.1 Å². The lowest BCUT2D eigenvalue weighted by Crippen LogP contribution is -2.49. The zero-order valence-electron chi connectivity index (χ0n) is 20.1. The second-order valence-electron chi connectivity index (χ2n) is 9.50. The fourth-order valence-electron chi connectivity index (χ4n) is 4.88. The third-order valence-corrected chi connectivity index (χ3v) is 7.81. The summed E-state index contributed by atoms with van der Waals surface area (Å²) in [5.41, 5.74) is 3.47. The van der Waals surface area contributed by atoms with Crippen LogP contribution in [-0.4, -0.2) is 73.3 Å². The van der Waals surface area contributed by atoms with Gasteiger partial charge in [0.2, 0.25) is 11.7 Å². The summed E-state index contributed by atoms with van der Waals surface area (Å²) in [6.45, 7) is 6.10. The lowest BCUT2D eigenvalue weighted by molar-refractivity contribution is 0.0637. The first-order chi connectivity index (χ1) is 17.1. The van der Waals surface area contributed by atoms with E-state index in [0.29, 0.717) is 17.6 Å². The fourth-order valence-corrected chi connectivity index (χ4v) is 5.53. The molecule has 0 spiro atoms. The molecule has 4 aromatic heterocycles. The van der Waals surface area contributed by atoms with E-state index in [1.807, 2.05) is 42.5 Å². The molecule has 0 N–H and O–H groups in total. The number of thiophene rings is 1. The highest BCUT2D eigenvalue weighted by molar-refractivity contribution is 7.13. The first-order valence-corrected chi connectivity index (χ1v) is 13.2. The first kappa shape index (κ1) is 22.4. The number of hydrogen-bond donors (Lipinski definition) is 0. The van der Waals surface area contributed by atoms with Gasteiger partial charge in [0, 0.05) is 51.3 Å². The number of carbonyl (C=O) groups excluding carboxylic acids is 1. The third-order valence-electron chi connectivity index (χ3n) is 6.95. The standard InChI is InChI=1S/C25H29N7O2S/c1-16-22-18(15-19(17-7-8-17)26-24(22)30(2)28-16)25(33)32-12-10-31(11-13-32)9-3-6-21-27-23(29-34-21)20-5-4-14-35-20/h4-5,14-15,17H,3,6-13H2,1-2H3. The predicted molar refractivity (Wildman–Crippen MR) is 133 cm³/mol. The van der Waals surface area contributed by atoms with Gasteiger partial charge in [-0.05, 0) is 50.2 Å². The summed E-state index contributed by atoms with van der Waals surface area (Å²) in [6, 6.07) is 6.01. The molecule has 1 saturated heterocycles. The van der Waals surface area contributed by atoms with E-state index in [4.69, 9.17) is 9.51 Å². The van der Waals surface area contributed by atoms with Crippen LogP contribution in [0.25, 0.3) is 21.7 Å². The van der Waals surface area contributed by atoms with Crippen LogP contribution in [0.15, 0.2) is 28.1 Å². The van der Waals surface area contributed by atoms with Crippen LogP contribution in [0.4, 0.5) is 0 Å². The van der Waals surface area contributed by atoms with Gasteiger partial charge in [-0.15, -0.1) is 11.3 Å². The zero-order chi connectivity index (χ0) is 23.9. The first-order valence-electron chi connectivity index (χ1n) is 12.3. The Morgan fingerprint density at radius 1 is 1.20 bits per heavy atom. The average Bonchev–Trinajstić information content (AvgIpc) is 3.24. The van der Waals surface area contributed by atoms with Gasteiger partial charge in [0.15, 0.2) is 5.65 Å². The molecule has 1 aliphatic heterocycles. The maximum atomic E-state index is 13.6. The quantitative estimate of drug-likeness (QED) is 0.389. The van der Waals surface area contributed by atoms with Gasteiger partial charge in [0.05, 0.1) is 21.5 Å². The van der Waals surface area contributed by atoms with Crippen LogP contribution in [0.1, 0.15) is 52.8 Å². The highest BCUT2D eigenvalue weighted by atomic mass is 32.1. The molecular weight excluding hydrogens is 462 g/mol. The molecule has 0 aromatic carbocycles. The molecule has 0 bridgehead atoms. The molecule has 1 amide bonds. The van der Waals surface area contributed by atoms with Crippen LogP contribution in [-0.2, 0) is 13.5 Å². The minimum absolute atomic E-state index is 0.0991. The number of rotatable bonds is 7. The normalized spacial score (nSPS) is 16.9. The van der Waals surface area contributed by atoms with Crippen LogP contribution in [0.5, 0.6) is 0 Å². The minimum Gasteiger partial charge on any atom is -0.339 e. The van der Waals surface area contributed by atoms with E-state index < -0.39 is 0 Å². The van der Waals surface area contributed by atoms with Crippen LogP contribution < -0.4 is 0 Å². The van der Waals surface area contributed by atoms with E-state index in [1.165, 1.54) is 0 Å². The molecule has 2 aliphatic rings. The number of pyridine rings is 1. The fraction of sp³-hybridized carbons (Fsp3) is 0.480. The predicted octanol–water partition coefficient (Wildman–Crippen LogP) is 3.66. The summed E-state index contributed by atoms with van der Waals surface area (Å²) in [5, 5.41) is 11.5. The van der Waals surface area contributed by atoms with Crippen molar-refractivity contribution >= 4 is 28.3 Å². The Bertz CT molecular complexity index is 1350. The lowest BCUT2D eigenvalue weighted by atomic mass is 10.1. The molecule has 182 valence electrons. The number of piperazine rings is 1. The Labute approximate surface area is 207 Å². The molecule has 4 aromatic rings. The second kappa shape index (κ2) is 9.16. The van der Waals surface area contributed by atoms with Crippen LogP contribution >= 0.6 is 11.3 Å². The van der Waals surface area contributed by atoms with Gasteiger partial charge in [-0.1, -0.05) is 11.2 Å². The Balaban J connectivity index is 1.06. The lowest BCUT2D eigenvalue weighted by Gasteiger charge is -2.34. The molecule has 6 rings (SSSR count). The maximum Gasteiger partial charge on any atom is 0.254 e. The Morgan fingerprint density at radius 2 is 2.03 bits per heavy atom. The molecule has 2 fully saturated rings. The van der Waals surface area contributed by atoms with Crippen LogP contribution in [0.3, 0.4) is 0 Å². The van der Waals surface area contributed by atoms with E-state index in [0.717, 1.165) is 91.3 Å². The summed E-state index contributed by atoms with van der Waals surface area (Å²) >= 11 is 1.61. The van der Waals surface area contributed by atoms with Crippen molar-refractivity contribution in [3.63, 3.8) is 0 Å². The molecule has 10 heteroatoms. The number of fused-ring (bicyclic) bond motifs is 1. The highest BCUT2D eigenvalue weighted by Crippen LogP contribution is 2.40. The van der Waals surface area contributed by atoms with Gasteiger partial charge in [-0.3, -0.25) is 14.4 Å². The van der Waals surface area contributed by atoms with Gasteiger partial charge in [0.25, 0.3) is 5.91 Å². The van der Waals surface area contributed by atoms with E-state index in [1.54, 1.807) is 16.0 Å². The van der Waals surface area contributed by atoms with E-state index in [2.05, 4.69) is 20.1 Å². The monoisotopic (exact) mass is 491 g/mol. The summed E-state index contributed by atoms with van der Waals surface area (Å²) in [4.78, 5) is 28.4. The highest BCUT2D eigenvalue weighted by Gasteiger charge is 2.30. The molecule has 0 atom stereocenters. The van der Waals surface area contributed by atoms with Crippen molar-refractivity contribution in [1.82, 2.24) is 34.7 Å². The smallest absolute Gasteiger partial charge is 0.254 e. The number of nitrogens with zero attached hydrogens (tertiary/aromatic N) is 7. The molecule has 0 unspecified atom stereocenters. The van der Waals surface area contributed by atoms with Crippen molar-refractivity contribution in [3.8, 4) is 10.7 Å². The number of aryl methyl sites for hydroxylation is 3. The summed E-state index contributed by atoms with van der Waals surface area (Å²) in [5.74, 6) is 1.93. The van der Waals surface area contributed by atoms with Gasteiger partial charge < -0.3 is 9.42 Å². The summed E-state index contributed by atoms with van der Waals surface area (Å²) in [7, 11) is 1.91. The van der Waals surface area contributed by atoms with Crippen molar-refractivity contribution < 1.29 is 9.32 Å². The molecule has 9 nitrogen and oxygen atoms in total. The summed E-state index contributed by atoms with van der Waals surface area (Å²) in [6.07, 6.45) is 4.02. The number of amides is 1. The van der Waals surface area contributed by atoms with E-state index in [-0.39, 0.29) is 5.91 Å². The maximum absolute atomic E-state index is 13.6. The van der Waals surface area contributed by atoms with Gasteiger partial charge in [-0.25, -0.2) is 4.98 Å². The van der Waals surface area contributed by atoms with Gasteiger partial charge >= 0.3 is 0 Å². The van der Waals surface area contributed by atoms with E-state index >= 15 is 0 Å². The van der Waals surface area contributed by atoms with E-state index in [9.17, 15) is 4.79 Å². The number of carbonyl (C=O) groups is 1. The van der Waals surface area contributed by atoms with Crippen molar-refractivity contribution in [2.45, 2.75) is 38.5 Å². The van der Waals surface area contributed by atoms with Crippen molar-refractivity contribution in [2.24, 2.45) is 7.05 Å². The molecule has 5 heterocycles. The second-order valence-corrected chi connectivity index (χ2v) is 10.5. The summed E-state index contributed by atoms with van der Waals surface area (Å²) < 4.78 is 7.22. The molecular formula is C25H29N7O2S. The topological polar surface area (TPSA) is 93.2 Å². The van der Waals surface area contributed by atoms with Crippen LogP contribution in [0, 0.1) is 6.92 Å². The molecule has 0 radical (unpaired) electrons. The van der Waals surface area contributed by atoms with Gasteiger partial charge in [0.1, 0.15) is 0 Å². The number of aromatic nitrogens is 5. The molecule has 1 saturated carbocycles. The van der Waals surface area contributed by atoms with Crippen molar-refractivity contribution in [2.75, 3.05) is 32.7 Å². The SMILES string of the molecule is Cc1nn(C)c2nc(C3CC3)cc(C(=O)N3CCN(CCCc4nc(-c5cccs5)no4)CC3)c12. The minimum atomic E-state index is 0.0991. The molecule has 1 aliphatic carbocycles. The Morgan fingerprint density at radius 3 is 2.77 bits per heavy atom. The van der Waals surface area contributed by atoms with Crippen molar-refractivity contribution in [1.29, 1.82) is 0 Å². The largest absolute Gasteiger partial charge is 0.339 e. The van der Waals surface area contributed by atoms with Crippen LogP contribution in [0.2, 0.25) is 0 Å². The number of hydrogen-bond acceptors (Lipinski definition) is 8.